The third-order valence-corrected chi connectivity index (χ3v) is 9.79. The first-order chi connectivity index (χ1) is 17.4. The molecule has 2 heterocycles. The number of dihydropyridines is 1. The van der Waals surface area contributed by atoms with Gasteiger partial charge in [0.1, 0.15) is 5.82 Å². The molecule has 0 spiro atoms. The van der Waals surface area contributed by atoms with Crippen molar-refractivity contribution in [2.45, 2.75) is 75.5 Å². The lowest BCUT2D eigenvalue weighted by molar-refractivity contribution is -0.385. The van der Waals surface area contributed by atoms with E-state index in [1.807, 2.05) is 7.05 Å². The molecule has 1 aromatic rings. The molecular weight excluding hydrogens is 476 g/mol. The fraction of sp³-hybridized carbons (Fsp3) is 0.593. The zero-order valence-corrected chi connectivity index (χ0v) is 21.9. The van der Waals surface area contributed by atoms with Crippen LogP contribution in [0, 0.1) is 16.0 Å². The minimum Gasteiger partial charge on any atom is -0.478 e. The summed E-state index contributed by atoms with van der Waals surface area (Å²) in [4.78, 5) is 24.3. The lowest BCUT2D eigenvalue weighted by atomic mass is 9.75. The van der Waals surface area contributed by atoms with Crippen LogP contribution in [0.15, 0.2) is 46.9 Å². The van der Waals surface area contributed by atoms with E-state index in [9.17, 15) is 20.0 Å². The second-order valence-electron chi connectivity index (χ2n) is 10.5. The highest BCUT2D eigenvalue weighted by molar-refractivity contribution is 7.99. The quantitative estimate of drug-likeness (QED) is 0.360. The maximum Gasteiger partial charge on any atom is 0.334 e. The predicted octanol–water partition coefficient (Wildman–Crippen LogP) is 5.25. The SMILES string of the molecule is CC1=C(C(=O)O)C(c2ccccc2[N+](=O)[O-])C2=C(N1)N(C)N(CCSC1CCCC1)C2C1CCCC1. The molecule has 2 atom stereocenters. The molecule has 0 bridgehead atoms. The molecule has 0 saturated heterocycles. The van der Waals surface area contributed by atoms with Crippen LogP contribution in [0.5, 0.6) is 0 Å². The number of aliphatic carboxylic acids is 1. The van der Waals surface area contributed by atoms with E-state index < -0.39 is 11.9 Å². The number of nitrogens with one attached hydrogen (secondary N) is 1. The summed E-state index contributed by atoms with van der Waals surface area (Å²) in [6, 6.07) is 6.68. The van der Waals surface area contributed by atoms with Crippen LogP contribution < -0.4 is 5.32 Å². The van der Waals surface area contributed by atoms with Crippen LogP contribution in [0.1, 0.15) is 69.8 Å². The van der Waals surface area contributed by atoms with E-state index in [2.05, 4.69) is 27.1 Å². The van der Waals surface area contributed by atoms with Gasteiger partial charge in [-0.1, -0.05) is 43.9 Å². The summed E-state index contributed by atoms with van der Waals surface area (Å²) in [7, 11) is 2.05. The smallest absolute Gasteiger partial charge is 0.334 e. The maximum absolute atomic E-state index is 12.6. The molecule has 4 aliphatic rings. The highest BCUT2D eigenvalue weighted by Gasteiger charge is 2.50. The lowest BCUT2D eigenvalue weighted by Gasteiger charge is -2.36. The van der Waals surface area contributed by atoms with Crippen LogP contribution >= 0.6 is 11.8 Å². The third kappa shape index (κ3) is 4.52. The summed E-state index contributed by atoms with van der Waals surface area (Å²) in [5.74, 6) is 0.617. The number of para-hydroxylation sites is 1. The Morgan fingerprint density at radius 3 is 2.50 bits per heavy atom. The van der Waals surface area contributed by atoms with Crippen molar-refractivity contribution in [2.75, 3.05) is 19.3 Å². The van der Waals surface area contributed by atoms with Gasteiger partial charge in [-0.2, -0.15) is 11.8 Å². The molecule has 36 heavy (non-hydrogen) atoms. The van der Waals surface area contributed by atoms with Crippen molar-refractivity contribution < 1.29 is 14.8 Å². The van der Waals surface area contributed by atoms with Gasteiger partial charge in [-0.15, -0.1) is 0 Å². The Labute approximate surface area is 216 Å². The van der Waals surface area contributed by atoms with Crippen molar-refractivity contribution in [2.24, 2.45) is 5.92 Å². The van der Waals surface area contributed by atoms with Gasteiger partial charge >= 0.3 is 5.97 Å². The van der Waals surface area contributed by atoms with Gasteiger partial charge in [-0.05, 0) is 38.5 Å². The molecule has 8 nitrogen and oxygen atoms in total. The number of carbonyl (C=O) groups is 1. The van der Waals surface area contributed by atoms with Gasteiger partial charge in [0.2, 0.25) is 0 Å². The lowest BCUT2D eigenvalue weighted by Crippen LogP contribution is -2.46. The Morgan fingerprint density at radius 1 is 1.17 bits per heavy atom. The summed E-state index contributed by atoms with van der Waals surface area (Å²) >= 11 is 2.06. The molecule has 2 N–H and O–H groups in total. The third-order valence-electron chi connectivity index (χ3n) is 8.43. The number of hydrogen-bond donors (Lipinski definition) is 2. The standard InChI is InChI=1S/C27H36N4O4S/c1-17-22(27(32)33)23(20-13-7-8-14-21(20)31(34)35)24-25(18-9-3-4-10-18)30(29(2)26(24)28-17)15-16-36-19-11-5-6-12-19/h7-8,13-14,18-19,23,25,28H,3-6,9-12,15-16H2,1-2H3,(H,32,33). The van der Waals surface area contributed by atoms with Gasteiger partial charge in [0.05, 0.1) is 22.5 Å². The van der Waals surface area contributed by atoms with E-state index in [4.69, 9.17) is 0 Å². The number of nitro benzene ring substituents is 1. The topological polar surface area (TPSA) is 98.9 Å². The molecule has 2 saturated carbocycles. The van der Waals surface area contributed by atoms with E-state index in [1.165, 1.54) is 44.6 Å². The summed E-state index contributed by atoms with van der Waals surface area (Å²) in [6.45, 7) is 2.64. The summed E-state index contributed by atoms with van der Waals surface area (Å²) < 4.78 is 0. The van der Waals surface area contributed by atoms with E-state index in [1.54, 1.807) is 25.1 Å². The number of rotatable bonds is 8. The normalized spacial score (nSPS) is 25.6. The maximum atomic E-state index is 12.6. The van der Waals surface area contributed by atoms with Crippen molar-refractivity contribution in [1.82, 2.24) is 15.3 Å². The molecule has 2 aliphatic carbocycles. The van der Waals surface area contributed by atoms with Gasteiger partial charge in [-0.25, -0.2) is 9.80 Å². The zero-order chi connectivity index (χ0) is 25.4. The van der Waals surface area contributed by atoms with Crippen molar-refractivity contribution in [1.29, 1.82) is 0 Å². The van der Waals surface area contributed by atoms with Crippen LogP contribution in [0.4, 0.5) is 5.69 Å². The summed E-state index contributed by atoms with van der Waals surface area (Å²) in [5, 5.41) is 31.1. The zero-order valence-electron chi connectivity index (χ0n) is 21.1. The minimum atomic E-state index is -1.03. The molecule has 0 radical (unpaired) electrons. The molecule has 2 fully saturated rings. The average molecular weight is 513 g/mol. The number of carboxylic acids is 1. The summed E-state index contributed by atoms with van der Waals surface area (Å²) in [6.07, 6.45) is 9.77. The highest BCUT2D eigenvalue weighted by Crippen LogP contribution is 2.51. The molecular formula is C27H36N4O4S. The number of nitro groups is 1. The summed E-state index contributed by atoms with van der Waals surface area (Å²) in [5.41, 5.74) is 2.18. The number of benzene rings is 1. The predicted molar refractivity (Wildman–Crippen MR) is 141 cm³/mol. The van der Waals surface area contributed by atoms with Crippen molar-refractivity contribution in [3.05, 3.63) is 62.6 Å². The fourth-order valence-electron chi connectivity index (χ4n) is 6.81. The van der Waals surface area contributed by atoms with Crippen LogP contribution in [-0.4, -0.2) is 56.7 Å². The van der Waals surface area contributed by atoms with E-state index in [0.717, 1.165) is 41.8 Å². The first-order valence-electron chi connectivity index (χ1n) is 13.2. The fourth-order valence-corrected chi connectivity index (χ4v) is 8.10. The average Bonchev–Trinajstić information content (AvgIpc) is 3.61. The minimum absolute atomic E-state index is 0.0223. The molecule has 9 heteroatoms. The molecule has 2 aliphatic heterocycles. The van der Waals surface area contributed by atoms with Gasteiger partial charge in [0.25, 0.3) is 5.69 Å². The Kier molecular flexibility index (Phi) is 7.30. The first-order valence-corrected chi connectivity index (χ1v) is 14.2. The van der Waals surface area contributed by atoms with Crippen molar-refractivity contribution >= 4 is 23.4 Å². The number of nitrogens with zero attached hydrogens (tertiary/aromatic N) is 3. The van der Waals surface area contributed by atoms with E-state index in [-0.39, 0.29) is 22.2 Å². The van der Waals surface area contributed by atoms with Crippen LogP contribution in [0.3, 0.4) is 0 Å². The van der Waals surface area contributed by atoms with Crippen LogP contribution in [-0.2, 0) is 4.79 Å². The Bertz CT molecular complexity index is 1090. The number of hydrazine groups is 1. The number of allylic oxidation sites excluding steroid dienone is 1. The van der Waals surface area contributed by atoms with Gasteiger partial charge in [0.15, 0.2) is 0 Å². The number of hydrogen-bond acceptors (Lipinski definition) is 7. The van der Waals surface area contributed by atoms with E-state index in [0.29, 0.717) is 17.2 Å². The van der Waals surface area contributed by atoms with Crippen LogP contribution in [0.2, 0.25) is 0 Å². The second-order valence-corrected chi connectivity index (χ2v) is 11.9. The Morgan fingerprint density at radius 2 is 1.83 bits per heavy atom. The van der Waals surface area contributed by atoms with Crippen molar-refractivity contribution in [3.63, 3.8) is 0 Å². The van der Waals surface area contributed by atoms with E-state index >= 15 is 0 Å². The molecule has 0 aromatic heterocycles. The molecule has 2 unspecified atom stereocenters. The second kappa shape index (κ2) is 10.5. The monoisotopic (exact) mass is 512 g/mol. The number of carboxylic acid groups (broad SMARTS) is 1. The van der Waals surface area contributed by atoms with Crippen LogP contribution in [0.25, 0.3) is 0 Å². The largest absolute Gasteiger partial charge is 0.478 e. The molecule has 0 amide bonds. The van der Waals surface area contributed by atoms with Crippen molar-refractivity contribution in [3.8, 4) is 0 Å². The van der Waals surface area contributed by atoms with Gasteiger partial charge in [-0.3, -0.25) is 15.1 Å². The Hall–Kier alpha value is -2.52. The molecule has 194 valence electrons. The van der Waals surface area contributed by atoms with Gasteiger partial charge < -0.3 is 10.4 Å². The first kappa shape index (κ1) is 25.1. The molecule has 1 aromatic carbocycles. The van der Waals surface area contributed by atoms with Gasteiger partial charge in [0, 0.05) is 47.5 Å². The highest BCUT2D eigenvalue weighted by atomic mass is 32.2. The Balaban J connectivity index is 1.56. The number of thioether (sulfide) groups is 1. The molecule has 5 rings (SSSR count).